The lowest BCUT2D eigenvalue weighted by Gasteiger charge is -2.10. The van der Waals surface area contributed by atoms with Gasteiger partial charge in [-0.25, -0.2) is 0 Å². The van der Waals surface area contributed by atoms with Gasteiger partial charge in [-0.2, -0.15) is 5.26 Å². The third-order valence-corrected chi connectivity index (χ3v) is 3.46. The van der Waals surface area contributed by atoms with Crippen LogP contribution in [-0.2, 0) is 15.3 Å². The number of nitriles is 1. The Kier molecular flexibility index (Phi) is 6.31. The van der Waals surface area contributed by atoms with Gasteiger partial charge in [0.1, 0.15) is 0 Å². The van der Waals surface area contributed by atoms with Crippen LogP contribution in [0, 0.1) is 11.3 Å². The molecule has 0 saturated heterocycles. The van der Waals surface area contributed by atoms with Crippen molar-refractivity contribution < 1.29 is 9.53 Å². The summed E-state index contributed by atoms with van der Waals surface area (Å²) >= 11 is 1.52. The molecule has 1 aromatic rings. The molecule has 0 aliphatic carbocycles. The standard InChI is InChI=1S/C14H17NO2S/c1-3-11(2)17-14(16)10-18-9-13-6-4-12(8-15)5-7-13/h4-7,11H,3,9-10H2,1-2H3. The second-order valence-corrected chi connectivity index (χ2v) is 5.00. The van der Waals surface area contributed by atoms with Gasteiger partial charge in [0.15, 0.2) is 0 Å². The zero-order valence-electron chi connectivity index (χ0n) is 10.7. The highest BCUT2D eigenvalue weighted by Gasteiger charge is 2.07. The minimum Gasteiger partial charge on any atom is -0.462 e. The number of rotatable bonds is 6. The van der Waals surface area contributed by atoms with E-state index in [2.05, 4.69) is 6.07 Å². The van der Waals surface area contributed by atoms with E-state index in [9.17, 15) is 4.79 Å². The van der Waals surface area contributed by atoms with Crippen molar-refractivity contribution in [3.05, 3.63) is 35.4 Å². The maximum absolute atomic E-state index is 11.4. The summed E-state index contributed by atoms with van der Waals surface area (Å²) in [5, 5.41) is 8.67. The number of carbonyl (C=O) groups is 1. The second kappa shape index (κ2) is 7.78. The maximum Gasteiger partial charge on any atom is 0.316 e. The van der Waals surface area contributed by atoms with Crippen molar-refractivity contribution in [3.8, 4) is 6.07 Å². The third-order valence-electron chi connectivity index (χ3n) is 2.48. The van der Waals surface area contributed by atoms with Crippen LogP contribution in [0.4, 0.5) is 0 Å². The van der Waals surface area contributed by atoms with Gasteiger partial charge in [0.2, 0.25) is 0 Å². The molecular formula is C14H17NO2S. The monoisotopic (exact) mass is 263 g/mol. The Labute approximate surface area is 112 Å². The van der Waals surface area contributed by atoms with Crippen molar-refractivity contribution in [2.24, 2.45) is 0 Å². The van der Waals surface area contributed by atoms with Gasteiger partial charge in [-0.1, -0.05) is 19.1 Å². The number of hydrogen-bond donors (Lipinski definition) is 0. The van der Waals surface area contributed by atoms with E-state index in [1.807, 2.05) is 26.0 Å². The van der Waals surface area contributed by atoms with Crippen LogP contribution in [-0.4, -0.2) is 17.8 Å². The molecule has 0 fully saturated rings. The van der Waals surface area contributed by atoms with Gasteiger partial charge in [0.25, 0.3) is 0 Å². The van der Waals surface area contributed by atoms with Crippen molar-refractivity contribution in [2.75, 3.05) is 5.75 Å². The fourth-order valence-corrected chi connectivity index (χ4v) is 2.03. The van der Waals surface area contributed by atoms with E-state index in [1.54, 1.807) is 12.1 Å². The molecule has 0 aliphatic rings. The largest absolute Gasteiger partial charge is 0.462 e. The Hall–Kier alpha value is -1.47. The molecule has 0 radical (unpaired) electrons. The SMILES string of the molecule is CCC(C)OC(=O)CSCc1ccc(C#N)cc1. The number of esters is 1. The Bertz CT molecular complexity index is 422. The molecule has 96 valence electrons. The number of carbonyl (C=O) groups excluding carboxylic acids is 1. The fourth-order valence-electron chi connectivity index (χ4n) is 1.27. The summed E-state index contributed by atoms with van der Waals surface area (Å²) < 4.78 is 5.17. The van der Waals surface area contributed by atoms with Gasteiger partial charge in [0, 0.05) is 5.75 Å². The predicted octanol–water partition coefficient (Wildman–Crippen LogP) is 3.13. The molecule has 1 unspecified atom stereocenters. The number of hydrogen-bond acceptors (Lipinski definition) is 4. The zero-order chi connectivity index (χ0) is 13.4. The lowest BCUT2D eigenvalue weighted by molar-refractivity contribution is -0.144. The van der Waals surface area contributed by atoms with Crippen molar-refractivity contribution in [1.29, 1.82) is 5.26 Å². The number of benzene rings is 1. The topological polar surface area (TPSA) is 50.1 Å². The first-order valence-electron chi connectivity index (χ1n) is 5.92. The van der Waals surface area contributed by atoms with Crippen molar-refractivity contribution in [2.45, 2.75) is 32.1 Å². The first-order valence-corrected chi connectivity index (χ1v) is 7.07. The Morgan fingerprint density at radius 2 is 2.11 bits per heavy atom. The van der Waals surface area contributed by atoms with Crippen molar-refractivity contribution >= 4 is 17.7 Å². The summed E-state index contributed by atoms with van der Waals surface area (Å²) in [5.41, 5.74) is 1.76. The van der Waals surface area contributed by atoms with E-state index in [-0.39, 0.29) is 12.1 Å². The van der Waals surface area contributed by atoms with Crippen LogP contribution in [0.2, 0.25) is 0 Å². The molecule has 1 aromatic carbocycles. The van der Waals surface area contributed by atoms with Crippen molar-refractivity contribution in [3.63, 3.8) is 0 Å². The van der Waals surface area contributed by atoms with Crippen LogP contribution in [0.3, 0.4) is 0 Å². The van der Waals surface area contributed by atoms with Gasteiger partial charge >= 0.3 is 5.97 Å². The Balaban J connectivity index is 2.29. The second-order valence-electron chi connectivity index (χ2n) is 4.01. The summed E-state index contributed by atoms with van der Waals surface area (Å²) in [6.45, 7) is 3.88. The van der Waals surface area contributed by atoms with E-state index < -0.39 is 0 Å². The maximum atomic E-state index is 11.4. The fraction of sp³-hybridized carbons (Fsp3) is 0.429. The molecule has 0 aliphatic heterocycles. The van der Waals surface area contributed by atoms with Crippen molar-refractivity contribution in [1.82, 2.24) is 0 Å². The summed E-state index contributed by atoms with van der Waals surface area (Å²) in [4.78, 5) is 11.4. The lowest BCUT2D eigenvalue weighted by Crippen LogP contribution is -2.15. The molecule has 18 heavy (non-hydrogen) atoms. The zero-order valence-corrected chi connectivity index (χ0v) is 11.5. The highest BCUT2D eigenvalue weighted by Crippen LogP contribution is 2.13. The minimum atomic E-state index is -0.164. The molecule has 4 heteroatoms. The number of nitrogens with zero attached hydrogens (tertiary/aromatic N) is 1. The third kappa shape index (κ3) is 5.24. The Morgan fingerprint density at radius 1 is 1.44 bits per heavy atom. The van der Waals surface area contributed by atoms with Crippen LogP contribution in [0.5, 0.6) is 0 Å². The summed E-state index contributed by atoms with van der Waals surface area (Å²) in [5.74, 6) is 0.953. The smallest absolute Gasteiger partial charge is 0.316 e. The van der Waals surface area contributed by atoms with Crippen LogP contribution in [0.25, 0.3) is 0 Å². The summed E-state index contributed by atoms with van der Waals surface area (Å²) in [7, 11) is 0. The first kappa shape index (κ1) is 14.6. The van der Waals surface area contributed by atoms with Crippen LogP contribution < -0.4 is 0 Å². The predicted molar refractivity (Wildman–Crippen MR) is 73.2 cm³/mol. The van der Waals surface area contributed by atoms with Gasteiger partial charge < -0.3 is 4.74 Å². The highest BCUT2D eigenvalue weighted by atomic mass is 32.2. The van der Waals surface area contributed by atoms with E-state index in [0.717, 1.165) is 17.7 Å². The van der Waals surface area contributed by atoms with E-state index in [4.69, 9.17) is 10.00 Å². The average molecular weight is 263 g/mol. The summed E-state index contributed by atoms with van der Waals surface area (Å²) in [6.07, 6.45) is 0.833. The van der Waals surface area contributed by atoms with E-state index in [1.165, 1.54) is 11.8 Å². The molecule has 1 atom stereocenters. The number of thioether (sulfide) groups is 1. The molecule has 0 spiro atoms. The van der Waals surface area contributed by atoms with E-state index in [0.29, 0.717) is 11.3 Å². The van der Waals surface area contributed by atoms with Crippen LogP contribution >= 0.6 is 11.8 Å². The van der Waals surface area contributed by atoms with Gasteiger partial charge in [-0.05, 0) is 31.0 Å². The molecule has 1 rings (SSSR count). The Morgan fingerprint density at radius 3 is 2.67 bits per heavy atom. The summed E-state index contributed by atoms with van der Waals surface area (Å²) in [6, 6.07) is 9.46. The molecular weight excluding hydrogens is 246 g/mol. The molecule has 0 aromatic heterocycles. The van der Waals surface area contributed by atoms with Crippen LogP contribution in [0.1, 0.15) is 31.4 Å². The van der Waals surface area contributed by atoms with Gasteiger partial charge in [0.05, 0.1) is 23.5 Å². The molecule has 0 saturated carbocycles. The quantitative estimate of drug-likeness (QED) is 0.740. The van der Waals surface area contributed by atoms with Gasteiger partial charge in [-0.15, -0.1) is 11.8 Å². The lowest BCUT2D eigenvalue weighted by atomic mass is 10.2. The van der Waals surface area contributed by atoms with E-state index >= 15 is 0 Å². The number of ether oxygens (including phenoxy) is 1. The van der Waals surface area contributed by atoms with Gasteiger partial charge in [-0.3, -0.25) is 4.79 Å². The van der Waals surface area contributed by atoms with Crippen LogP contribution in [0.15, 0.2) is 24.3 Å². The molecule has 0 amide bonds. The molecule has 0 bridgehead atoms. The first-order chi connectivity index (χ1) is 8.65. The normalized spacial score (nSPS) is 11.6. The average Bonchev–Trinajstić information content (AvgIpc) is 2.39. The highest BCUT2D eigenvalue weighted by molar-refractivity contribution is 7.99. The molecule has 0 heterocycles. The molecule has 0 N–H and O–H groups in total. The molecule has 3 nitrogen and oxygen atoms in total. The minimum absolute atomic E-state index is 0.00647.